The summed E-state index contributed by atoms with van der Waals surface area (Å²) in [6, 6.07) is 4.70. The molecule has 3 rings (SSSR count). The maximum absolute atomic E-state index is 13.1. The van der Waals surface area contributed by atoms with Crippen molar-refractivity contribution in [1.29, 1.82) is 0 Å². The van der Waals surface area contributed by atoms with Crippen molar-refractivity contribution in [3.05, 3.63) is 40.2 Å². The van der Waals surface area contributed by atoms with Crippen LogP contribution in [0.2, 0.25) is 0 Å². The van der Waals surface area contributed by atoms with Gasteiger partial charge in [-0.3, -0.25) is 9.59 Å². The van der Waals surface area contributed by atoms with Crippen LogP contribution in [0.4, 0.5) is 0 Å². The van der Waals surface area contributed by atoms with Gasteiger partial charge in [-0.05, 0) is 37.1 Å². The van der Waals surface area contributed by atoms with Gasteiger partial charge in [0.05, 0.1) is 4.90 Å². The Morgan fingerprint density at radius 3 is 2.76 bits per heavy atom. The van der Waals surface area contributed by atoms with Gasteiger partial charge in [-0.25, -0.2) is 8.42 Å². The minimum absolute atomic E-state index is 0.0677. The highest BCUT2D eigenvalue weighted by Crippen LogP contribution is 2.28. The number of likely N-dealkylation sites (N-methyl/N-ethyl adjacent to an activating group) is 1. The van der Waals surface area contributed by atoms with E-state index in [4.69, 9.17) is 5.73 Å². The fraction of sp³-hybridized carbons (Fsp3) is 0.375. The highest BCUT2D eigenvalue weighted by Gasteiger charge is 2.42. The summed E-state index contributed by atoms with van der Waals surface area (Å²) in [5, 5.41) is 3.13. The molecule has 1 fully saturated rings. The van der Waals surface area contributed by atoms with Crippen LogP contribution in [0.25, 0.3) is 10.9 Å². The molecule has 134 valence electrons. The molecule has 0 spiro atoms. The summed E-state index contributed by atoms with van der Waals surface area (Å²) in [6.07, 6.45) is 0.277. The third-order valence-corrected chi connectivity index (χ3v) is 6.34. The van der Waals surface area contributed by atoms with Crippen LogP contribution in [0.3, 0.4) is 0 Å². The predicted octanol–water partition coefficient (Wildman–Crippen LogP) is -0.327. The number of pyridine rings is 1. The lowest BCUT2D eigenvalue weighted by Crippen LogP contribution is -2.44. The van der Waals surface area contributed by atoms with Crippen molar-refractivity contribution in [3.63, 3.8) is 0 Å². The quantitative estimate of drug-likeness (QED) is 0.688. The van der Waals surface area contributed by atoms with Crippen molar-refractivity contribution >= 4 is 26.8 Å². The molecule has 1 aliphatic rings. The van der Waals surface area contributed by atoms with Gasteiger partial charge in [0.15, 0.2) is 0 Å². The zero-order chi connectivity index (χ0) is 18.4. The summed E-state index contributed by atoms with van der Waals surface area (Å²) in [5.74, 6) is -0.377. The third kappa shape index (κ3) is 3.06. The largest absolute Gasteiger partial charge is 0.358 e. The number of aryl methyl sites for hydroxylation is 1. The Labute approximate surface area is 145 Å². The molecular formula is C16H20N4O4S. The fourth-order valence-corrected chi connectivity index (χ4v) is 4.89. The SMILES string of the molecule is CNC(=O)[C@@H]1C[C@@H](N)CN1S(=O)(=O)c1ccc2[nH]c(=O)cc(C)c2c1. The lowest BCUT2D eigenvalue weighted by atomic mass is 10.1. The van der Waals surface area contributed by atoms with Crippen molar-refractivity contribution in [3.8, 4) is 0 Å². The van der Waals surface area contributed by atoms with E-state index >= 15 is 0 Å². The maximum atomic E-state index is 13.1. The summed E-state index contributed by atoms with van der Waals surface area (Å²) < 4.78 is 27.3. The molecule has 0 aliphatic carbocycles. The van der Waals surface area contributed by atoms with Crippen molar-refractivity contribution in [2.75, 3.05) is 13.6 Å². The van der Waals surface area contributed by atoms with Crippen LogP contribution in [-0.2, 0) is 14.8 Å². The number of rotatable bonds is 3. The van der Waals surface area contributed by atoms with E-state index in [1.807, 2.05) is 0 Å². The summed E-state index contributed by atoms with van der Waals surface area (Å²) in [7, 11) is -2.43. The summed E-state index contributed by atoms with van der Waals surface area (Å²) >= 11 is 0. The van der Waals surface area contributed by atoms with E-state index in [9.17, 15) is 18.0 Å². The first kappa shape index (κ1) is 17.6. The second kappa shape index (κ2) is 6.25. The Balaban J connectivity index is 2.09. The lowest BCUT2D eigenvalue weighted by Gasteiger charge is -2.22. The lowest BCUT2D eigenvalue weighted by molar-refractivity contribution is -0.123. The molecular weight excluding hydrogens is 344 g/mol. The number of nitrogens with one attached hydrogen (secondary N) is 2. The van der Waals surface area contributed by atoms with Gasteiger partial charge in [-0.15, -0.1) is 0 Å². The number of carbonyl (C=O) groups excluding carboxylic acids is 1. The molecule has 1 aromatic carbocycles. The molecule has 2 aromatic rings. The van der Waals surface area contributed by atoms with E-state index in [0.717, 1.165) is 4.31 Å². The second-order valence-electron chi connectivity index (χ2n) is 6.22. The number of nitrogens with zero attached hydrogens (tertiary/aromatic N) is 1. The van der Waals surface area contributed by atoms with E-state index in [-0.39, 0.29) is 29.3 Å². The van der Waals surface area contributed by atoms with Crippen LogP contribution in [0.5, 0.6) is 0 Å². The Bertz CT molecular complexity index is 999. The van der Waals surface area contributed by atoms with Crippen molar-refractivity contribution in [2.24, 2.45) is 5.73 Å². The summed E-state index contributed by atoms with van der Waals surface area (Å²) in [4.78, 5) is 26.3. The number of benzene rings is 1. The molecule has 1 amide bonds. The molecule has 0 unspecified atom stereocenters. The molecule has 8 nitrogen and oxygen atoms in total. The van der Waals surface area contributed by atoms with Crippen LogP contribution in [0.1, 0.15) is 12.0 Å². The van der Waals surface area contributed by atoms with Crippen molar-refractivity contribution in [1.82, 2.24) is 14.6 Å². The Kier molecular flexibility index (Phi) is 4.40. The highest BCUT2D eigenvalue weighted by molar-refractivity contribution is 7.89. The van der Waals surface area contributed by atoms with Gasteiger partial charge in [-0.1, -0.05) is 0 Å². The number of carbonyl (C=O) groups is 1. The molecule has 2 heterocycles. The van der Waals surface area contributed by atoms with Gasteiger partial charge < -0.3 is 16.0 Å². The van der Waals surface area contributed by atoms with Crippen LogP contribution >= 0.6 is 0 Å². The smallest absolute Gasteiger partial charge is 0.248 e. The highest BCUT2D eigenvalue weighted by atomic mass is 32.2. The standard InChI is InChI=1S/C16H20N4O4S/c1-9-5-15(21)19-13-4-3-11(7-12(9)13)25(23,24)20-8-10(17)6-14(20)16(22)18-2/h3-5,7,10,14H,6,8,17H2,1-2H3,(H,18,22)(H,19,21)/t10-,14+/m1/s1. The second-order valence-corrected chi connectivity index (χ2v) is 8.12. The van der Waals surface area contributed by atoms with Crippen molar-refractivity contribution in [2.45, 2.75) is 30.3 Å². The molecule has 1 aliphatic heterocycles. The van der Waals surface area contributed by atoms with Gasteiger partial charge in [0.25, 0.3) is 0 Å². The Hall–Kier alpha value is -2.23. The first-order chi connectivity index (χ1) is 11.7. The van der Waals surface area contributed by atoms with Crippen LogP contribution in [-0.4, -0.2) is 49.3 Å². The normalized spacial score (nSPS) is 21.6. The summed E-state index contributed by atoms with van der Waals surface area (Å²) in [5.41, 5.74) is 6.88. The van der Waals surface area contributed by atoms with Gasteiger partial charge in [0, 0.05) is 36.6 Å². The summed E-state index contributed by atoms with van der Waals surface area (Å²) in [6.45, 7) is 1.83. The Morgan fingerprint density at radius 2 is 2.08 bits per heavy atom. The molecule has 0 saturated carbocycles. The Morgan fingerprint density at radius 1 is 1.36 bits per heavy atom. The van der Waals surface area contributed by atoms with E-state index < -0.39 is 22.1 Å². The fourth-order valence-electron chi connectivity index (χ4n) is 3.20. The topological polar surface area (TPSA) is 125 Å². The first-order valence-corrected chi connectivity index (χ1v) is 9.30. The molecule has 4 N–H and O–H groups in total. The number of sulfonamides is 1. The van der Waals surface area contributed by atoms with Gasteiger partial charge in [0.2, 0.25) is 21.5 Å². The molecule has 9 heteroatoms. The molecule has 2 atom stereocenters. The number of aromatic amines is 1. The average molecular weight is 364 g/mol. The number of aromatic nitrogens is 1. The zero-order valence-electron chi connectivity index (χ0n) is 13.9. The number of H-pyrrole nitrogens is 1. The molecule has 0 bridgehead atoms. The van der Waals surface area contributed by atoms with Gasteiger partial charge in [0.1, 0.15) is 6.04 Å². The molecule has 0 radical (unpaired) electrons. The minimum atomic E-state index is -3.89. The number of hydrogen-bond acceptors (Lipinski definition) is 5. The first-order valence-electron chi connectivity index (χ1n) is 7.86. The van der Waals surface area contributed by atoms with Crippen LogP contribution < -0.4 is 16.6 Å². The molecule has 1 saturated heterocycles. The van der Waals surface area contributed by atoms with Crippen molar-refractivity contribution < 1.29 is 13.2 Å². The molecule has 1 aromatic heterocycles. The zero-order valence-corrected chi connectivity index (χ0v) is 14.8. The predicted molar refractivity (Wildman–Crippen MR) is 93.6 cm³/mol. The number of hydrogen-bond donors (Lipinski definition) is 3. The number of nitrogens with two attached hydrogens (primary N) is 1. The van der Waals surface area contributed by atoms with E-state index in [2.05, 4.69) is 10.3 Å². The number of fused-ring (bicyclic) bond motifs is 1. The third-order valence-electron chi connectivity index (χ3n) is 4.47. The van der Waals surface area contributed by atoms with E-state index in [1.165, 1.54) is 25.2 Å². The van der Waals surface area contributed by atoms with Gasteiger partial charge in [-0.2, -0.15) is 4.31 Å². The monoisotopic (exact) mass is 364 g/mol. The molecule has 25 heavy (non-hydrogen) atoms. The van der Waals surface area contributed by atoms with Crippen LogP contribution in [0.15, 0.2) is 34.0 Å². The van der Waals surface area contributed by atoms with E-state index in [1.54, 1.807) is 13.0 Å². The van der Waals surface area contributed by atoms with Gasteiger partial charge >= 0.3 is 0 Å². The average Bonchev–Trinajstić information content (AvgIpc) is 2.96. The number of amides is 1. The van der Waals surface area contributed by atoms with E-state index in [0.29, 0.717) is 16.5 Å². The minimum Gasteiger partial charge on any atom is -0.358 e. The maximum Gasteiger partial charge on any atom is 0.248 e. The van der Waals surface area contributed by atoms with Crippen LogP contribution in [0, 0.1) is 6.92 Å².